The van der Waals surface area contributed by atoms with Crippen LogP contribution in [0.3, 0.4) is 0 Å². The lowest BCUT2D eigenvalue weighted by molar-refractivity contribution is -0.895. The Bertz CT molecular complexity index is 879. The molecule has 1 atom stereocenters. The summed E-state index contributed by atoms with van der Waals surface area (Å²) in [6.07, 6.45) is 4.01. The van der Waals surface area contributed by atoms with Gasteiger partial charge in [-0.15, -0.1) is 0 Å². The third-order valence-electron chi connectivity index (χ3n) is 4.27. The number of hydrogen-bond donors (Lipinski definition) is 2. The average molecular weight is 326 g/mol. The van der Waals surface area contributed by atoms with Crippen molar-refractivity contribution >= 4 is 11.9 Å². The van der Waals surface area contributed by atoms with Crippen LogP contribution < -0.4 is 10.5 Å². The number of rotatable bonds is 3. The molecule has 5 heteroatoms. The summed E-state index contributed by atoms with van der Waals surface area (Å²) < 4.78 is 4.88. The largest absolute Gasteiger partial charge is 0.507 e. The van der Waals surface area contributed by atoms with Crippen LogP contribution in [0.1, 0.15) is 32.8 Å². The van der Waals surface area contributed by atoms with Gasteiger partial charge in [0.05, 0.1) is 13.6 Å². The normalized spacial score (nSPS) is 17.0. The molecule has 1 aromatic heterocycles. The second kappa shape index (κ2) is 6.45. The first-order chi connectivity index (χ1) is 11.4. The predicted octanol–water partition coefficient (Wildman–Crippen LogP) is 1.12. The van der Waals surface area contributed by atoms with Crippen molar-refractivity contribution in [1.29, 1.82) is 0 Å². The minimum absolute atomic E-state index is 0.263. The zero-order chi connectivity index (χ0) is 17.3. The Labute approximate surface area is 139 Å². The van der Waals surface area contributed by atoms with Gasteiger partial charge in [-0.25, -0.2) is 4.79 Å². The maximum atomic E-state index is 12.2. The van der Waals surface area contributed by atoms with Gasteiger partial charge < -0.3 is 14.4 Å². The molecule has 1 unspecified atom stereocenters. The van der Waals surface area contributed by atoms with Crippen LogP contribution in [0.25, 0.3) is 6.08 Å². The van der Waals surface area contributed by atoms with E-state index in [2.05, 4.69) is 19.2 Å². The topological polar surface area (TPSA) is 71.9 Å². The van der Waals surface area contributed by atoms with Crippen molar-refractivity contribution in [2.24, 2.45) is 0 Å². The zero-order valence-corrected chi connectivity index (χ0v) is 13.8. The molecule has 5 nitrogen and oxygen atoms in total. The van der Waals surface area contributed by atoms with Crippen molar-refractivity contribution in [1.82, 2.24) is 0 Å². The number of carbonyl (C=O) groups is 1. The van der Waals surface area contributed by atoms with Crippen molar-refractivity contribution in [2.45, 2.75) is 19.9 Å². The van der Waals surface area contributed by atoms with Crippen molar-refractivity contribution < 1.29 is 19.2 Å². The Balaban J connectivity index is 1.85. The van der Waals surface area contributed by atoms with Gasteiger partial charge in [-0.05, 0) is 30.2 Å². The van der Waals surface area contributed by atoms with Gasteiger partial charge in [-0.2, -0.15) is 0 Å². The summed E-state index contributed by atoms with van der Waals surface area (Å²) in [6, 6.07) is 7.38. The van der Waals surface area contributed by atoms with Crippen molar-refractivity contribution in [2.75, 3.05) is 13.6 Å². The summed E-state index contributed by atoms with van der Waals surface area (Å²) >= 11 is 0. The minimum Gasteiger partial charge on any atom is -0.507 e. The molecule has 0 fully saturated rings. The highest BCUT2D eigenvalue weighted by atomic mass is 16.4. The first-order valence-electron chi connectivity index (χ1n) is 7.93. The molecule has 1 aromatic carbocycles. The molecule has 0 spiro atoms. The number of quaternary nitrogens is 1. The third-order valence-corrected chi connectivity index (χ3v) is 4.27. The highest BCUT2D eigenvalue weighted by Crippen LogP contribution is 2.18. The Morgan fingerprint density at radius 3 is 2.83 bits per heavy atom. The molecule has 124 valence electrons. The van der Waals surface area contributed by atoms with Gasteiger partial charge in [-0.1, -0.05) is 18.2 Å². The van der Waals surface area contributed by atoms with Crippen LogP contribution in [0.2, 0.25) is 0 Å². The van der Waals surface area contributed by atoms with Crippen LogP contribution in [-0.2, 0) is 13.0 Å². The fraction of sp³-hybridized carbons (Fsp3) is 0.263. The summed E-state index contributed by atoms with van der Waals surface area (Å²) in [5.74, 6) is -0.657. The van der Waals surface area contributed by atoms with E-state index in [-0.39, 0.29) is 17.1 Å². The maximum absolute atomic E-state index is 12.2. The van der Waals surface area contributed by atoms with Crippen molar-refractivity contribution in [3.8, 4) is 5.75 Å². The van der Waals surface area contributed by atoms with Crippen LogP contribution in [-0.4, -0.2) is 24.5 Å². The Kier molecular flexibility index (Phi) is 4.36. The number of allylic oxidation sites excluding steroid dienone is 1. The van der Waals surface area contributed by atoms with Crippen molar-refractivity contribution in [3.63, 3.8) is 0 Å². The summed E-state index contributed by atoms with van der Waals surface area (Å²) in [6.45, 7) is 3.63. The van der Waals surface area contributed by atoms with Gasteiger partial charge in [0.2, 0.25) is 0 Å². The number of aryl methyl sites for hydroxylation is 1. The number of carbonyl (C=O) groups excluding carboxylic acids is 1. The second-order valence-corrected chi connectivity index (χ2v) is 6.26. The molecule has 0 amide bonds. The Morgan fingerprint density at radius 1 is 1.29 bits per heavy atom. The third kappa shape index (κ3) is 3.31. The molecule has 2 N–H and O–H groups in total. The first kappa shape index (κ1) is 16.2. The van der Waals surface area contributed by atoms with E-state index in [0.29, 0.717) is 0 Å². The quantitative estimate of drug-likeness (QED) is 0.655. The number of aromatic hydroxyl groups is 1. The van der Waals surface area contributed by atoms with E-state index < -0.39 is 11.4 Å². The summed E-state index contributed by atoms with van der Waals surface area (Å²) in [5.41, 5.74) is 2.37. The van der Waals surface area contributed by atoms with Crippen LogP contribution in [0.4, 0.5) is 0 Å². The molecule has 24 heavy (non-hydrogen) atoms. The smallest absolute Gasteiger partial charge is 0.351 e. The number of likely N-dealkylation sites (N-methyl/N-ethyl adjacent to an activating group) is 1. The fourth-order valence-electron chi connectivity index (χ4n) is 3.00. The van der Waals surface area contributed by atoms with Gasteiger partial charge in [0, 0.05) is 18.1 Å². The summed E-state index contributed by atoms with van der Waals surface area (Å²) in [4.78, 5) is 25.4. The van der Waals surface area contributed by atoms with Crippen LogP contribution >= 0.6 is 0 Å². The molecule has 0 aliphatic carbocycles. The van der Waals surface area contributed by atoms with Crippen LogP contribution in [0, 0.1) is 6.92 Å². The lowest BCUT2D eigenvalue weighted by Gasteiger charge is -2.22. The summed E-state index contributed by atoms with van der Waals surface area (Å²) in [5, 5.41) is 9.81. The Morgan fingerprint density at radius 2 is 2.08 bits per heavy atom. The number of hydrogen-bond acceptors (Lipinski definition) is 4. The number of fused-ring (bicyclic) bond motifs is 1. The SMILES string of the molecule is Cc1cc(O)c(C(=O)/C=C/c2ccc3c(c2)C[NH+](C)CC3)c(=O)o1. The monoisotopic (exact) mass is 326 g/mol. The van der Waals surface area contributed by atoms with E-state index >= 15 is 0 Å². The fourth-order valence-corrected chi connectivity index (χ4v) is 3.00. The van der Waals surface area contributed by atoms with E-state index in [1.165, 1.54) is 35.1 Å². The Hall–Kier alpha value is -2.66. The van der Waals surface area contributed by atoms with Crippen molar-refractivity contribution in [3.05, 3.63) is 68.8 Å². The first-order valence-corrected chi connectivity index (χ1v) is 7.93. The maximum Gasteiger partial charge on any atom is 0.351 e. The molecule has 0 radical (unpaired) electrons. The number of nitrogens with one attached hydrogen (secondary N) is 1. The molecular formula is C19H20NO4+. The van der Waals surface area contributed by atoms with Gasteiger partial charge in [-0.3, -0.25) is 4.79 Å². The number of ketones is 1. The van der Waals surface area contributed by atoms with Gasteiger partial charge >= 0.3 is 5.63 Å². The van der Waals surface area contributed by atoms with Gasteiger partial charge in [0.25, 0.3) is 0 Å². The van der Waals surface area contributed by atoms with Crippen LogP contribution in [0.15, 0.2) is 39.6 Å². The standard InChI is InChI=1S/C19H19NO4/c1-12-9-17(22)18(19(23)24-12)16(21)6-4-13-3-5-14-7-8-20(2)11-15(14)10-13/h3-6,9-10,22H,7-8,11H2,1-2H3/p+1/b6-4+. The minimum atomic E-state index is -0.821. The molecule has 2 aromatic rings. The molecular weight excluding hydrogens is 306 g/mol. The lowest BCUT2D eigenvalue weighted by Crippen LogP contribution is -3.08. The molecule has 0 saturated carbocycles. The number of benzene rings is 1. The van der Waals surface area contributed by atoms with E-state index in [1.54, 1.807) is 6.08 Å². The highest BCUT2D eigenvalue weighted by Gasteiger charge is 2.17. The predicted molar refractivity (Wildman–Crippen MR) is 90.3 cm³/mol. The van der Waals surface area contributed by atoms with Crippen LogP contribution in [0.5, 0.6) is 5.75 Å². The molecule has 2 heterocycles. The summed E-state index contributed by atoms with van der Waals surface area (Å²) in [7, 11) is 2.16. The molecule has 0 saturated heterocycles. The average Bonchev–Trinajstić information content (AvgIpc) is 2.51. The van der Waals surface area contributed by atoms with E-state index in [9.17, 15) is 14.7 Å². The second-order valence-electron chi connectivity index (χ2n) is 6.26. The van der Waals surface area contributed by atoms with E-state index in [4.69, 9.17) is 4.42 Å². The molecule has 1 aliphatic heterocycles. The lowest BCUT2D eigenvalue weighted by atomic mass is 9.97. The van der Waals surface area contributed by atoms with Gasteiger partial charge in [0.1, 0.15) is 23.6 Å². The van der Waals surface area contributed by atoms with E-state index in [1.807, 2.05) is 6.07 Å². The molecule has 3 rings (SSSR count). The zero-order valence-electron chi connectivity index (χ0n) is 13.8. The molecule has 0 bridgehead atoms. The van der Waals surface area contributed by atoms with E-state index in [0.717, 1.165) is 25.1 Å². The molecule has 1 aliphatic rings. The van der Waals surface area contributed by atoms with Gasteiger partial charge in [0.15, 0.2) is 5.78 Å². The highest BCUT2D eigenvalue weighted by molar-refractivity contribution is 6.08.